The fourth-order valence-electron chi connectivity index (χ4n) is 5.03. The molecule has 0 spiro atoms. The number of carboxylic acid groups (broad SMARTS) is 1. The third-order valence-electron chi connectivity index (χ3n) is 7.41. The van der Waals surface area contributed by atoms with Crippen LogP contribution in [0.25, 0.3) is 17.2 Å². The van der Waals surface area contributed by atoms with E-state index in [1.54, 1.807) is 6.08 Å². The SMILES string of the molecule is CCCCCCCOC(=Cc1cccc(-c2cc3c(cc2C)C(C)(C)CCC3(C)C)c1)C(=O)O. The third-order valence-corrected chi connectivity index (χ3v) is 7.41. The van der Waals surface area contributed by atoms with Gasteiger partial charge < -0.3 is 9.84 Å². The van der Waals surface area contributed by atoms with Crippen LogP contribution in [0.4, 0.5) is 0 Å². The van der Waals surface area contributed by atoms with Gasteiger partial charge in [-0.15, -0.1) is 0 Å². The van der Waals surface area contributed by atoms with Crippen molar-refractivity contribution in [3.8, 4) is 11.1 Å². The van der Waals surface area contributed by atoms with Gasteiger partial charge in [-0.2, -0.15) is 0 Å². The molecule has 3 heteroatoms. The molecule has 184 valence electrons. The van der Waals surface area contributed by atoms with Crippen LogP contribution >= 0.6 is 0 Å². The van der Waals surface area contributed by atoms with Crippen molar-refractivity contribution in [2.24, 2.45) is 0 Å². The van der Waals surface area contributed by atoms with Gasteiger partial charge >= 0.3 is 5.97 Å². The number of aryl methyl sites for hydroxylation is 1. The van der Waals surface area contributed by atoms with E-state index in [1.165, 1.54) is 54.4 Å². The Morgan fingerprint density at radius 1 is 0.971 bits per heavy atom. The van der Waals surface area contributed by atoms with Crippen LogP contribution in [0.5, 0.6) is 0 Å². The molecule has 0 aliphatic heterocycles. The second-order valence-corrected chi connectivity index (χ2v) is 11.2. The van der Waals surface area contributed by atoms with Gasteiger partial charge in [-0.3, -0.25) is 0 Å². The predicted molar refractivity (Wildman–Crippen MR) is 142 cm³/mol. The fraction of sp³-hybridized carbons (Fsp3) is 0.516. The van der Waals surface area contributed by atoms with Crippen LogP contribution in [-0.4, -0.2) is 17.7 Å². The molecule has 1 aliphatic rings. The zero-order valence-corrected chi connectivity index (χ0v) is 22.0. The maximum Gasteiger partial charge on any atom is 0.371 e. The highest BCUT2D eigenvalue weighted by atomic mass is 16.5. The van der Waals surface area contributed by atoms with Gasteiger partial charge in [0.25, 0.3) is 0 Å². The van der Waals surface area contributed by atoms with Gasteiger partial charge in [-0.05, 0) is 82.5 Å². The van der Waals surface area contributed by atoms with Crippen molar-refractivity contribution >= 4 is 12.0 Å². The molecule has 0 bridgehead atoms. The lowest BCUT2D eigenvalue weighted by molar-refractivity contribution is -0.136. The average molecular weight is 463 g/mol. The number of unbranched alkanes of at least 4 members (excludes halogenated alkanes) is 4. The Hall–Kier alpha value is -2.55. The molecule has 2 aromatic carbocycles. The number of hydrogen-bond donors (Lipinski definition) is 1. The van der Waals surface area contributed by atoms with Gasteiger partial charge in [0.05, 0.1) is 6.61 Å². The maximum absolute atomic E-state index is 11.8. The summed E-state index contributed by atoms with van der Waals surface area (Å²) in [4.78, 5) is 11.8. The summed E-state index contributed by atoms with van der Waals surface area (Å²) in [7, 11) is 0. The number of benzene rings is 2. The minimum Gasteiger partial charge on any atom is -0.487 e. The van der Waals surface area contributed by atoms with E-state index < -0.39 is 5.97 Å². The molecule has 3 rings (SSSR count). The van der Waals surface area contributed by atoms with E-state index in [0.29, 0.717) is 6.61 Å². The Labute approximate surface area is 206 Å². The lowest BCUT2D eigenvalue weighted by Crippen LogP contribution is -2.34. The molecule has 0 amide bonds. The molecule has 2 aromatic rings. The number of rotatable bonds is 10. The third kappa shape index (κ3) is 6.11. The number of carbonyl (C=O) groups is 1. The number of aliphatic carboxylic acids is 1. The molecule has 3 nitrogen and oxygen atoms in total. The highest BCUT2D eigenvalue weighted by molar-refractivity contribution is 5.90. The van der Waals surface area contributed by atoms with E-state index >= 15 is 0 Å². The Kier molecular flexibility index (Phi) is 8.28. The van der Waals surface area contributed by atoms with Crippen LogP contribution in [0.1, 0.15) is 102 Å². The summed E-state index contributed by atoms with van der Waals surface area (Å²) in [6, 6.07) is 12.9. The number of hydrogen-bond acceptors (Lipinski definition) is 2. The van der Waals surface area contributed by atoms with Crippen molar-refractivity contribution in [3.63, 3.8) is 0 Å². The molecule has 0 radical (unpaired) electrons. The summed E-state index contributed by atoms with van der Waals surface area (Å²) in [6.45, 7) is 14.2. The molecule has 1 aliphatic carbocycles. The van der Waals surface area contributed by atoms with E-state index in [0.717, 1.165) is 24.0 Å². The summed E-state index contributed by atoms with van der Waals surface area (Å²) in [5, 5.41) is 9.65. The van der Waals surface area contributed by atoms with Crippen LogP contribution in [-0.2, 0) is 20.4 Å². The Balaban J connectivity index is 1.88. The first kappa shape index (κ1) is 26.1. The highest BCUT2D eigenvalue weighted by Crippen LogP contribution is 2.47. The van der Waals surface area contributed by atoms with Gasteiger partial charge in [-0.1, -0.05) is 90.6 Å². The first-order valence-electron chi connectivity index (χ1n) is 12.9. The summed E-state index contributed by atoms with van der Waals surface area (Å²) in [5.74, 6) is -1.01. The summed E-state index contributed by atoms with van der Waals surface area (Å²) in [5.41, 5.74) is 7.65. The fourth-order valence-corrected chi connectivity index (χ4v) is 5.03. The lowest BCUT2D eigenvalue weighted by Gasteiger charge is -2.42. The first-order chi connectivity index (χ1) is 16.0. The van der Waals surface area contributed by atoms with Gasteiger partial charge in [0, 0.05) is 0 Å². The largest absolute Gasteiger partial charge is 0.487 e. The quantitative estimate of drug-likeness (QED) is 0.219. The summed E-state index contributed by atoms with van der Waals surface area (Å²) < 4.78 is 5.64. The predicted octanol–water partition coefficient (Wildman–Crippen LogP) is 8.42. The average Bonchev–Trinajstić information content (AvgIpc) is 2.78. The highest BCUT2D eigenvalue weighted by Gasteiger charge is 2.37. The van der Waals surface area contributed by atoms with Crippen molar-refractivity contribution in [2.75, 3.05) is 6.61 Å². The second-order valence-electron chi connectivity index (χ2n) is 11.2. The smallest absolute Gasteiger partial charge is 0.371 e. The molecule has 0 saturated carbocycles. The second kappa shape index (κ2) is 10.8. The molecule has 0 atom stereocenters. The zero-order chi connectivity index (χ0) is 24.9. The standard InChI is InChI=1S/C31H42O3/c1-7-8-9-10-11-17-34-28(29(32)33)20-23-13-12-14-24(19-23)25-21-27-26(18-22(25)2)30(3,4)15-16-31(27,5)6/h12-14,18-21H,7-11,15-17H2,1-6H3,(H,32,33). The molecular formula is C31H42O3. The van der Waals surface area contributed by atoms with Crippen LogP contribution in [0.3, 0.4) is 0 Å². The minimum absolute atomic E-state index is 0.0117. The molecule has 0 unspecified atom stereocenters. The van der Waals surface area contributed by atoms with E-state index in [-0.39, 0.29) is 16.6 Å². The van der Waals surface area contributed by atoms with E-state index in [1.807, 2.05) is 12.1 Å². The molecule has 0 aromatic heterocycles. The van der Waals surface area contributed by atoms with Crippen molar-refractivity contribution < 1.29 is 14.6 Å². The van der Waals surface area contributed by atoms with Gasteiger partial charge in [0.1, 0.15) is 0 Å². The topological polar surface area (TPSA) is 46.5 Å². The summed E-state index contributed by atoms with van der Waals surface area (Å²) in [6.07, 6.45) is 9.55. The summed E-state index contributed by atoms with van der Waals surface area (Å²) >= 11 is 0. The van der Waals surface area contributed by atoms with E-state index in [2.05, 4.69) is 65.8 Å². The van der Waals surface area contributed by atoms with Crippen molar-refractivity contribution in [3.05, 3.63) is 64.4 Å². The Morgan fingerprint density at radius 2 is 1.62 bits per heavy atom. The van der Waals surface area contributed by atoms with Gasteiger partial charge in [0.2, 0.25) is 5.76 Å². The zero-order valence-electron chi connectivity index (χ0n) is 22.0. The minimum atomic E-state index is -1.02. The van der Waals surface area contributed by atoms with Crippen LogP contribution < -0.4 is 0 Å². The van der Waals surface area contributed by atoms with E-state index in [9.17, 15) is 9.90 Å². The normalized spacial score (nSPS) is 16.7. The molecule has 0 saturated heterocycles. The Morgan fingerprint density at radius 3 is 2.26 bits per heavy atom. The molecule has 0 fully saturated rings. The maximum atomic E-state index is 11.8. The van der Waals surface area contributed by atoms with Gasteiger partial charge in [-0.25, -0.2) is 4.79 Å². The van der Waals surface area contributed by atoms with E-state index in [4.69, 9.17) is 4.74 Å². The van der Waals surface area contributed by atoms with Crippen LogP contribution in [0.2, 0.25) is 0 Å². The van der Waals surface area contributed by atoms with Crippen LogP contribution in [0, 0.1) is 6.92 Å². The molecule has 34 heavy (non-hydrogen) atoms. The first-order valence-corrected chi connectivity index (χ1v) is 12.9. The van der Waals surface area contributed by atoms with Crippen molar-refractivity contribution in [1.29, 1.82) is 0 Å². The molecule has 1 N–H and O–H groups in total. The molecular weight excluding hydrogens is 420 g/mol. The van der Waals surface area contributed by atoms with Crippen LogP contribution in [0.15, 0.2) is 42.2 Å². The number of carboxylic acids is 1. The lowest BCUT2D eigenvalue weighted by atomic mass is 9.62. The van der Waals surface area contributed by atoms with Crippen molar-refractivity contribution in [1.82, 2.24) is 0 Å². The molecule has 0 heterocycles. The Bertz CT molecular complexity index is 1040. The van der Waals surface area contributed by atoms with Gasteiger partial charge in [0.15, 0.2) is 0 Å². The monoisotopic (exact) mass is 462 g/mol. The number of fused-ring (bicyclic) bond motifs is 1. The number of ether oxygens (including phenoxy) is 1. The van der Waals surface area contributed by atoms with Crippen molar-refractivity contribution in [2.45, 2.75) is 97.3 Å².